The van der Waals surface area contributed by atoms with Crippen molar-refractivity contribution in [3.63, 3.8) is 0 Å². The van der Waals surface area contributed by atoms with Gasteiger partial charge in [-0.05, 0) is 18.6 Å². The van der Waals surface area contributed by atoms with Crippen LogP contribution in [0, 0.1) is 0 Å². The molecule has 0 aliphatic carbocycles. The summed E-state index contributed by atoms with van der Waals surface area (Å²) in [6.07, 6.45) is -3.55. The Kier molecular flexibility index (Phi) is 3.78. The number of nitrogen functional groups attached to an aromatic ring is 1. The molecule has 3 rings (SSSR count). The molecule has 0 unspecified atom stereocenters. The van der Waals surface area contributed by atoms with Crippen LogP contribution in [0.1, 0.15) is 6.42 Å². The Morgan fingerprint density at radius 3 is 2.82 bits per heavy atom. The summed E-state index contributed by atoms with van der Waals surface area (Å²) in [5, 5.41) is 3.84. The predicted molar refractivity (Wildman–Crippen MR) is 78.5 cm³/mol. The standard InChI is InChI=1S/C14H16F3N5/c15-14(16,17)8-22-6-5-9(7-22)19-13-20-11-4-2-1-3-10(11)12(18)21-13/h1-4,9H,5-8H2,(H3,18,19,20,21)/t9-/m0/s1. The van der Waals surface area contributed by atoms with Crippen LogP contribution in [0.3, 0.4) is 0 Å². The van der Waals surface area contributed by atoms with Gasteiger partial charge in [-0.2, -0.15) is 18.2 Å². The van der Waals surface area contributed by atoms with Crippen LogP contribution in [0.4, 0.5) is 24.9 Å². The molecule has 8 heteroatoms. The van der Waals surface area contributed by atoms with Crippen molar-refractivity contribution < 1.29 is 13.2 Å². The number of benzene rings is 1. The van der Waals surface area contributed by atoms with Gasteiger partial charge >= 0.3 is 6.18 Å². The fraction of sp³-hybridized carbons (Fsp3) is 0.429. The number of hydrogen-bond donors (Lipinski definition) is 2. The second-order valence-corrected chi connectivity index (χ2v) is 5.43. The van der Waals surface area contributed by atoms with E-state index >= 15 is 0 Å². The number of aromatic nitrogens is 2. The van der Waals surface area contributed by atoms with Crippen molar-refractivity contribution in [3.8, 4) is 0 Å². The predicted octanol–water partition coefficient (Wildman–Crippen LogP) is 2.26. The lowest BCUT2D eigenvalue weighted by Crippen LogP contribution is -2.34. The first-order chi connectivity index (χ1) is 10.4. The SMILES string of the molecule is Nc1nc(N[C@H]2CCN(CC(F)(F)F)C2)nc2ccccc12. The molecule has 22 heavy (non-hydrogen) atoms. The van der Waals surface area contributed by atoms with Crippen LogP contribution in [0.25, 0.3) is 10.9 Å². The molecule has 0 saturated carbocycles. The molecule has 0 bridgehead atoms. The van der Waals surface area contributed by atoms with Gasteiger partial charge in [0, 0.05) is 24.5 Å². The second kappa shape index (κ2) is 5.60. The van der Waals surface area contributed by atoms with Crippen molar-refractivity contribution in [2.75, 3.05) is 30.7 Å². The van der Waals surface area contributed by atoms with E-state index in [0.29, 0.717) is 36.8 Å². The number of rotatable bonds is 3. The average Bonchev–Trinajstić information content (AvgIpc) is 2.83. The Labute approximate surface area is 125 Å². The Bertz CT molecular complexity index is 673. The number of hydrogen-bond acceptors (Lipinski definition) is 5. The quantitative estimate of drug-likeness (QED) is 0.910. The fourth-order valence-electron chi connectivity index (χ4n) is 2.70. The maximum absolute atomic E-state index is 12.4. The highest BCUT2D eigenvalue weighted by atomic mass is 19.4. The highest BCUT2D eigenvalue weighted by Crippen LogP contribution is 2.23. The van der Waals surface area contributed by atoms with Gasteiger partial charge in [0.25, 0.3) is 0 Å². The molecule has 1 aromatic heterocycles. The summed E-state index contributed by atoms with van der Waals surface area (Å²) in [4.78, 5) is 9.91. The molecule has 0 amide bonds. The van der Waals surface area contributed by atoms with E-state index in [1.807, 2.05) is 24.3 Å². The lowest BCUT2D eigenvalue weighted by atomic mass is 10.2. The molecule has 1 aromatic carbocycles. The van der Waals surface area contributed by atoms with Crippen molar-refractivity contribution in [3.05, 3.63) is 24.3 Å². The van der Waals surface area contributed by atoms with Crippen molar-refractivity contribution >= 4 is 22.7 Å². The number of anilines is 2. The number of para-hydroxylation sites is 1. The third-order valence-electron chi connectivity index (χ3n) is 3.64. The molecule has 0 radical (unpaired) electrons. The van der Waals surface area contributed by atoms with E-state index in [-0.39, 0.29) is 6.04 Å². The lowest BCUT2D eigenvalue weighted by Gasteiger charge is -2.18. The summed E-state index contributed by atoms with van der Waals surface area (Å²) in [6.45, 7) is -0.165. The molecule has 0 spiro atoms. The zero-order valence-electron chi connectivity index (χ0n) is 11.8. The smallest absolute Gasteiger partial charge is 0.383 e. The molecule has 3 N–H and O–H groups in total. The van der Waals surface area contributed by atoms with Crippen LogP contribution < -0.4 is 11.1 Å². The van der Waals surface area contributed by atoms with Gasteiger partial charge < -0.3 is 11.1 Å². The molecule has 5 nitrogen and oxygen atoms in total. The number of likely N-dealkylation sites (tertiary alicyclic amines) is 1. The molecule has 2 aromatic rings. The van der Waals surface area contributed by atoms with Crippen LogP contribution in [0.2, 0.25) is 0 Å². The summed E-state index contributed by atoms with van der Waals surface area (Å²) >= 11 is 0. The Morgan fingerprint density at radius 2 is 2.05 bits per heavy atom. The number of nitrogens with zero attached hydrogens (tertiary/aromatic N) is 3. The molecule has 1 atom stereocenters. The van der Waals surface area contributed by atoms with Crippen molar-refractivity contribution in [1.82, 2.24) is 14.9 Å². The molecule has 1 saturated heterocycles. The number of nitrogens with two attached hydrogens (primary N) is 1. The van der Waals surface area contributed by atoms with Gasteiger partial charge in [0.1, 0.15) is 5.82 Å². The van der Waals surface area contributed by atoms with Crippen LogP contribution in [0.15, 0.2) is 24.3 Å². The molecule has 118 valence electrons. The summed E-state index contributed by atoms with van der Waals surface area (Å²) in [6, 6.07) is 7.24. The van der Waals surface area contributed by atoms with Gasteiger partial charge in [0.2, 0.25) is 5.95 Å². The summed E-state index contributed by atoms with van der Waals surface area (Å²) in [7, 11) is 0. The molecular weight excluding hydrogens is 295 g/mol. The molecule has 1 aliphatic heterocycles. The first-order valence-electron chi connectivity index (χ1n) is 6.98. The summed E-state index contributed by atoms with van der Waals surface area (Å²) in [5.41, 5.74) is 6.60. The van der Waals surface area contributed by atoms with E-state index in [4.69, 9.17) is 5.73 Å². The van der Waals surface area contributed by atoms with E-state index in [1.54, 1.807) is 0 Å². The van der Waals surface area contributed by atoms with Gasteiger partial charge in [-0.1, -0.05) is 12.1 Å². The molecule has 2 heterocycles. The Balaban J connectivity index is 1.69. The highest BCUT2D eigenvalue weighted by Gasteiger charge is 2.34. The van der Waals surface area contributed by atoms with Crippen LogP contribution in [0.5, 0.6) is 0 Å². The zero-order chi connectivity index (χ0) is 15.7. The van der Waals surface area contributed by atoms with E-state index in [1.165, 1.54) is 4.90 Å². The van der Waals surface area contributed by atoms with Gasteiger partial charge in [-0.15, -0.1) is 0 Å². The van der Waals surface area contributed by atoms with Gasteiger partial charge in [-0.25, -0.2) is 4.98 Å². The van der Waals surface area contributed by atoms with Crippen molar-refractivity contribution in [2.45, 2.75) is 18.6 Å². The molecule has 1 fully saturated rings. The largest absolute Gasteiger partial charge is 0.401 e. The highest BCUT2D eigenvalue weighted by molar-refractivity contribution is 5.88. The first kappa shape index (κ1) is 14.8. The third kappa shape index (κ3) is 3.38. The van der Waals surface area contributed by atoms with E-state index in [9.17, 15) is 13.2 Å². The fourth-order valence-corrected chi connectivity index (χ4v) is 2.70. The molecular formula is C14H16F3N5. The zero-order valence-corrected chi connectivity index (χ0v) is 11.8. The van der Waals surface area contributed by atoms with Gasteiger partial charge in [0.15, 0.2) is 0 Å². The maximum Gasteiger partial charge on any atom is 0.401 e. The minimum atomic E-state index is -4.17. The number of nitrogens with one attached hydrogen (secondary N) is 1. The summed E-state index contributed by atoms with van der Waals surface area (Å²) in [5.74, 6) is 0.716. The van der Waals surface area contributed by atoms with Crippen LogP contribution >= 0.6 is 0 Å². The topological polar surface area (TPSA) is 67.1 Å². The number of alkyl halides is 3. The Morgan fingerprint density at radius 1 is 1.27 bits per heavy atom. The monoisotopic (exact) mass is 311 g/mol. The van der Waals surface area contributed by atoms with Crippen LogP contribution in [-0.2, 0) is 0 Å². The minimum absolute atomic E-state index is 0.108. The van der Waals surface area contributed by atoms with Crippen molar-refractivity contribution in [2.24, 2.45) is 0 Å². The van der Waals surface area contributed by atoms with Crippen LogP contribution in [-0.4, -0.2) is 46.7 Å². The van der Waals surface area contributed by atoms with E-state index in [2.05, 4.69) is 15.3 Å². The first-order valence-corrected chi connectivity index (χ1v) is 6.98. The van der Waals surface area contributed by atoms with Crippen molar-refractivity contribution in [1.29, 1.82) is 0 Å². The second-order valence-electron chi connectivity index (χ2n) is 5.43. The molecule has 1 aliphatic rings. The van der Waals surface area contributed by atoms with Gasteiger partial charge in [0.05, 0.1) is 12.1 Å². The summed E-state index contributed by atoms with van der Waals surface area (Å²) < 4.78 is 37.2. The normalized spacial score (nSPS) is 19.7. The van der Waals surface area contributed by atoms with E-state index < -0.39 is 12.7 Å². The lowest BCUT2D eigenvalue weighted by molar-refractivity contribution is -0.143. The van der Waals surface area contributed by atoms with E-state index in [0.717, 1.165) is 5.39 Å². The number of halogens is 3. The third-order valence-corrected chi connectivity index (χ3v) is 3.64. The maximum atomic E-state index is 12.4. The minimum Gasteiger partial charge on any atom is -0.383 e. The number of fused-ring (bicyclic) bond motifs is 1. The Hall–Kier alpha value is -2.09. The average molecular weight is 311 g/mol. The van der Waals surface area contributed by atoms with Gasteiger partial charge in [-0.3, -0.25) is 4.90 Å².